The minimum absolute atomic E-state index is 0.317. The Balaban J connectivity index is 0.000000527. The molecule has 0 spiro atoms. The Morgan fingerprint density at radius 2 is 1.41 bits per heavy atom. The molecule has 0 bridgehead atoms. The van der Waals surface area contributed by atoms with Crippen molar-refractivity contribution in [2.45, 2.75) is 40.2 Å². The van der Waals surface area contributed by atoms with Crippen molar-refractivity contribution in [3.8, 4) is 0 Å². The van der Waals surface area contributed by atoms with Crippen LogP contribution in [-0.4, -0.2) is 64.0 Å². The number of piperazine rings is 1. The van der Waals surface area contributed by atoms with Gasteiger partial charge >= 0.3 is 11.9 Å². The zero-order chi connectivity index (χ0) is 20.4. The van der Waals surface area contributed by atoms with E-state index in [1.54, 1.807) is 0 Å². The van der Waals surface area contributed by atoms with Crippen LogP contribution in [-0.2, 0) is 27.3 Å². The summed E-state index contributed by atoms with van der Waals surface area (Å²) in [5.74, 6) is -2.88. The molecule has 1 aliphatic heterocycles. The molecule has 1 saturated heterocycles. The van der Waals surface area contributed by atoms with Gasteiger partial charge < -0.3 is 15.1 Å². The molecule has 0 atom stereocenters. The molecule has 27 heavy (non-hydrogen) atoms. The molecule has 1 aromatic carbocycles. The van der Waals surface area contributed by atoms with Crippen LogP contribution in [0, 0.1) is 5.92 Å². The summed E-state index contributed by atoms with van der Waals surface area (Å²) < 4.78 is 0. The van der Waals surface area contributed by atoms with Crippen molar-refractivity contribution in [1.82, 2.24) is 9.80 Å². The van der Waals surface area contributed by atoms with Crippen molar-refractivity contribution in [3.63, 3.8) is 0 Å². The molecule has 2 rings (SSSR count). The first-order valence-corrected chi connectivity index (χ1v) is 9.27. The molecular weight excluding hydrogens is 348 g/mol. The maximum atomic E-state index is 12.1. The fraction of sp³-hybridized carbons (Fsp3) is 0.550. The summed E-state index contributed by atoms with van der Waals surface area (Å²) in [7, 11) is 0. The van der Waals surface area contributed by atoms with Gasteiger partial charge in [-0.05, 0) is 23.5 Å². The normalized spacial score (nSPS) is 14.4. The number of carboxylic acid groups (broad SMARTS) is 2. The lowest BCUT2D eigenvalue weighted by Crippen LogP contribution is -2.48. The van der Waals surface area contributed by atoms with Gasteiger partial charge in [0.25, 0.3) is 0 Å². The molecule has 0 aromatic heterocycles. The zero-order valence-electron chi connectivity index (χ0n) is 16.4. The highest BCUT2D eigenvalue weighted by Crippen LogP contribution is 2.12. The number of carbonyl (C=O) groups excluding carboxylic acids is 1. The number of carbonyl (C=O) groups is 3. The van der Waals surface area contributed by atoms with Gasteiger partial charge in [-0.2, -0.15) is 0 Å². The summed E-state index contributed by atoms with van der Waals surface area (Å²) in [6.45, 7) is 11.1. The molecule has 1 aromatic rings. The predicted octanol–water partition coefficient (Wildman–Crippen LogP) is 2.09. The third-order valence-electron chi connectivity index (χ3n) is 4.33. The molecule has 2 N–H and O–H groups in total. The van der Waals surface area contributed by atoms with Gasteiger partial charge in [0.15, 0.2) is 0 Å². The van der Waals surface area contributed by atoms with Gasteiger partial charge in [-0.3, -0.25) is 9.69 Å². The molecule has 1 amide bonds. The maximum Gasteiger partial charge on any atom is 0.414 e. The second-order valence-electron chi connectivity index (χ2n) is 7.04. The molecule has 0 aliphatic carbocycles. The van der Waals surface area contributed by atoms with E-state index in [1.807, 2.05) is 4.90 Å². The van der Waals surface area contributed by atoms with Crippen LogP contribution < -0.4 is 0 Å². The predicted molar refractivity (Wildman–Crippen MR) is 102 cm³/mol. The fourth-order valence-electron chi connectivity index (χ4n) is 2.77. The SMILES string of the molecule is CCc1ccc(CN2CCN(C(=O)CC(C)C)CC2)cc1.O=C(O)C(=O)O. The quantitative estimate of drug-likeness (QED) is 0.762. The maximum absolute atomic E-state index is 12.1. The minimum atomic E-state index is -1.82. The van der Waals surface area contributed by atoms with Crippen molar-refractivity contribution in [2.75, 3.05) is 26.2 Å². The lowest BCUT2D eigenvalue weighted by molar-refractivity contribution is -0.159. The number of hydrogen-bond acceptors (Lipinski definition) is 4. The Kier molecular flexibility index (Phi) is 9.50. The number of aryl methyl sites for hydroxylation is 1. The number of hydrogen-bond donors (Lipinski definition) is 2. The van der Waals surface area contributed by atoms with Crippen LogP contribution in [0.4, 0.5) is 0 Å². The van der Waals surface area contributed by atoms with Gasteiger partial charge in [0, 0.05) is 39.1 Å². The standard InChI is InChI=1S/C18H28N2O.C2H2O4/c1-4-16-5-7-17(8-6-16)14-19-9-11-20(12-10-19)18(21)13-15(2)3;3-1(4)2(5)6/h5-8,15H,4,9-14H2,1-3H3;(H,3,4)(H,5,6). The van der Waals surface area contributed by atoms with E-state index in [0.717, 1.165) is 39.1 Å². The highest BCUT2D eigenvalue weighted by atomic mass is 16.4. The van der Waals surface area contributed by atoms with E-state index in [9.17, 15) is 4.79 Å². The number of nitrogens with zero attached hydrogens (tertiary/aromatic N) is 2. The van der Waals surface area contributed by atoms with E-state index in [0.29, 0.717) is 18.2 Å². The largest absolute Gasteiger partial charge is 0.473 e. The third-order valence-corrected chi connectivity index (χ3v) is 4.33. The van der Waals surface area contributed by atoms with Crippen molar-refractivity contribution < 1.29 is 24.6 Å². The Hall–Kier alpha value is -2.41. The average Bonchev–Trinajstić information content (AvgIpc) is 2.63. The fourth-order valence-corrected chi connectivity index (χ4v) is 2.77. The summed E-state index contributed by atoms with van der Waals surface area (Å²) in [6, 6.07) is 8.90. The van der Waals surface area contributed by atoms with Crippen LogP contribution in [0.25, 0.3) is 0 Å². The topological polar surface area (TPSA) is 98.2 Å². The molecular formula is C20H30N2O5. The molecule has 1 fully saturated rings. The van der Waals surface area contributed by atoms with E-state index in [1.165, 1.54) is 11.1 Å². The third kappa shape index (κ3) is 8.68. The first-order valence-electron chi connectivity index (χ1n) is 9.27. The molecule has 150 valence electrons. The zero-order valence-corrected chi connectivity index (χ0v) is 16.4. The Morgan fingerprint density at radius 3 is 1.81 bits per heavy atom. The number of carboxylic acids is 2. The second-order valence-corrected chi connectivity index (χ2v) is 7.04. The smallest absolute Gasteiger partial charge is 0.414 e. The van der Waals surface area contributed by atoms with Gasteiger partial charge in [-0.25, -0.2) is 9.59 Å². The van der Waals surface area contributed by atoms with Crippen LogP contribution in [0.5, 0.6) is 0 Å². The molecule has 7 nitrogen and oxygen atoms in total. The highest BCUT2D eigenvalue weighted by molar-refractivity contribution is 6.27. The Labute approximate surface area is 160 Å². The number of amides is 1. The van der Waals surface area contributed by atoms with Gasteiger partial charge in [-0.15, -0.1) is 0 Å². The van der Waals surface area contributed by atoms with Gasteiger partial charge in [0.2, 0.25) is 5.91 Å². The first-order chi connectivity index (χ1) is 12.7. The van der Waals surface area contributed by atoms with E-state index in [2.05, 4.69) is 49.9 Å². The molecule has 1 aliphatic rings. The van der Waals surface area contributed by atoms with Crippen molar-refractivity contribution in [2.24, 2.45) is 5.92 Å². The van der Waals surface area contributed by atoms with Crippen LogP contribution >= 0.6 is 0 Å². The first kappa shape index (κ1) is 22.6. The lowest BCUT2D eigenvalue weighted by atomic mass is 10.1. The molecule has 0 radical (unpaired) electrons. The van der Waals surface area contributed by atoms with Crippen molar-refractivity contribution in [1.29, 1.82) is 0 Å². The average molecular weight is 378 g/mol. The Morgan fingerprint density at radius 1 is 0.926 bits per heavy atom. The molecule has 0 unspecified atom stereocenters. The highest BCUT2D eigenvalue weighted by Gasteiger charge is 2.21. The summed E-state index contributed by atoms with van der Waals surface area (Å²) in [5.41, 5.74) is 2.76. The van der Waals surface area contributed by atoms with E-state index < -0.39 is 11.9 Å². The summed E-state index contributed by atoms with van der Waals surface area (Å²) in [6.07, 6.45) is 1.77. The summed E-state index contributed by atoms with van der Waals surface area (Å²) >= 11 is 0. The van der Waals surface area contributed by atoms with Gasteiger partial charge in [0.1, 0.15) is 0 Å². The number of rotatable bonds is 5. The van der Waals surface area contributed by atoms with E-state index in [-0.39, 0.29) is 0 Å². The van der Waals surface area contributed by atoms with Crippen molar-refractivity contribution >= 4 is 17.8 Å². The number of benzene rings is 1. The van der Waals surface area contributed by atoms with E-state index >= 15 is 0 Å². The second kappa shape index (κ2) is 11.3. The lowest BCUT2D eigenvalue weighted by Gasteiger charge is -2.35. The van der Waals surface area contributed by atoms with E-state index in [4.69, 9.17) is 19.8 Å². The molecule has 0 saturated carbocycles. The van der Waals surface area contributed by atoms with Crippen LogP contribution in [0.1, 0.15) is 38.3 Å². The summed E-state index contributed by atoms with van der Waals surface area (Å²) in [4.78, 5) is 34.7. The van der Waals surface area contributed by atoms with Crippen molar-refractivity contribution in [3.05, 3.63) is 35.4 Å². The monoisotopic (exact) mass is 378 g/mol. The minimum Gasteiger partial charge on any atom is -0.473 e. The van der Waals surface area contributed by atoms with Gasteiger partial charge in [-0.1, -0.05) is 45.0 Å². The van der Waals surface area contributed by atoms with Crippen LogP contribution in [0.15, 0.2) is 24.3 Å². The molecule has 1 heterocycles. The number of aliphatic carboxylic acids is 2. The van der Waals surface area contributed by atoms with Gasteiger partial charge in [0.05, 0.1) is 0 Å². The molecule has 7 heteroatoms. The summed E-state index contributed by atoms with van der Waals surface area (Å²) in [5, 5.41) is 14.8. The Bertz CT molecular complexity index is 608. The van der Waals surface area contributed by atoms with Crippen LogP contribution in [0.3, 0.4) is 0 Å². The van der Waals surface area contributed by atoms with Crippen LogP contribution in [0.2, 0.25) is 0 Å².